The summed E-state index contributed by atoms with van der Waals surface area (Å²) in [6.45, 7) is 2.76. The van der Waals surface area contributed by atoms with E-state index in [0.717, 1.165) is 24.3 Å². The topological polar surface area (TPSA) is 79.6 Å². The minimum Gasteiger partial charge on any atom is -0.352 e. The van der Waals surface area contributed by atoms with Crippen LogP contribution in [0.5, 0.6) is 0 Å². The van der Waals surface area contributed by atoms with E-state index in [2.05, 4.69) is 15.4 Å². The fraction of sp³-hybridized carbons (Fsp3) is 0.571. The molecule has 2 aromatic heterocycles. The third kappa shape index (κ3) is 3.50. The summed E-state index contributed by atoms with van der Waals surface area (Å²) in [6, 6.07) is 1.85. The fourth-order valence-corrected chi connectivity index (χ4v) is 3.06. The molecule has 1 aliphatic carbocycles. The van der Waals surface area contributed by atoms with Crippen LogP contribution in [0.3, 0.4) is 0 Å². The SMILES string of the molecule is CCc1nn2c(=O)cc(CN(C)CC(=O)NC3CC3)nc2s1. The van der Waals surface area contributed by atoms with Crippen LogP contribution in [0.15, 0.2) is 10.9 Å². The molecule has 0 saturated heterocycles. The number of hydrogen-bond acceptors (Lipinski definition) is 6. The van der Waals surface area contributed by atoms with Crippen LogP contribution in [0.4, 0.5) is 0 Å². The molecule has 8 heteroatoms. The van der Waals surface area contributed by atoms with Crippen molar-refractivity contribution >= 4 is 22.2 Å². The minimum absolute atomic E-state index is 0.0221. The zero-order chi connectivity index (χ0) is 15.7. The summed E-state index contributed by atoms with van der Waals surface area (Å²) < 4.78 is 1.34. The predicted octanol–water partition coefficient (Wildman–Crippen LogP) is 0.424. The van der Waals surface area contributed by atoms with E-state index in [-0.39, 0.29) is 11.5 Å². The quantitative estimate of drug-likeness (QED) is 0.834. The lowest BCUT2D eigenvalue weighted by molar-refractivity contribution is -0.122. The van der Waals surface area contributed by atoms with Gasteiger partial charge in [0.1, 0.15) is 5.01 Å². The van der Waals surface area contributed by atoms with Crippen LogP contribution in [-0.2, 0) is 17.8 Å². The number of hydrogen-bond donors (Lipinski definition) is 1. The van der Waals surface area contributed by atoms with Crippen molar-refractivity contribution in [3.05, 3.63) is 27.1 Å². The molecular weight excluding hydrogens is 302 g/mol. The lowest BCUT2D eigenvalue weighted by atomic mass is 10.3. The van der Waals surface area contributed by atoms with E-state index < -0.39 is 0 Å². The summed E-state index contributed by atoms with van der Waals surface area (Å²) in [7, 11) is 1.85. The first-order valence-electron chi connectivity index (χ1n) is 7.41. The second kappa shape index (κ2) is 6.13. The molecule has 0 aliphatic heterocycles. The molecular formula is C14H19N5O2S. The van der Waals surface area contributed by atoms with Gasteiger partial charge in [-0.15, -0.1) is 0 Å². The number of aryl methyl sites for hydroxylation is 1. The Hall–Kier alpha value is -1.80. The first kappa shape index (κ1) is 15.1. The number of rotatable bonds is 6. The predicted molar refractivity (Wildman–Crippen MR) is 84.0 cm³/mol. The van der Waals surface area contributed by atoms with Crippen LogP contribution in [0.2, 0.25) is 0 Å². The van der Waals surface area contributed by atoms with Gasteiger partial charge in [0.05, 0.1) is 12.2 Å². The van der Waals surface area contributed by atoms with Gasteiger partial charge in [-0.2, -0.15) is 9.61 Å². The highest BCUT2D eigenvalue weighted by atomic mass is 32.1. The number of likely N-dealkylation sites (N-methyl/N-ethyl adjacent to an activating group) is 1. The van der Waals surface area contributed by atoms with Crippen molar-refractivity contribution in [2.45, 2.75) is 38.8 Å². The lowest BCUT2D eigenvalue weighted by Gasteiger charge is -2.15. The van der Waals surface area contributed by atoms with E-state index in [1.807, 2.05) is 18.9 Å². The highest BCUT2D eigenvalue weighted by Crippen LogP contribution is 2.18. The van der Waals surface area contributed by atoms with Gasteiger partial charge in [0, 0.05) is 18.7 Å². The Balaban J connectivity index is 1.69. The summed E-state index contributed by atoms with van der Waals surface area (Å²) in [6.07, 6.45) is 2.94. The molecule has 0 radical (unpaired) electrons. The highest BCUT2D eigenvalue weighted by Gasteiger charge is 2.23. The molecule has 3 rings (SSSR count). The number of fused-ring (bicyclic) bond motifs is 1. The Kier molecular flexibility index (Phi) is 4.21. The van der Waals surface area contributed by atoms with E-state index in [0.29, 0.717) is 29.8 Å². The normalized spacial score (nSPS) is 14.7. The van der Waals surface area contributed by atoms with Crippen LogP contribution in [-0.4, -0.2) is 45.0 Å². The van der Waals surface area contributed by atoms with Crippen LogP contribution in [0, 0.1) is 0 Å². The van der Waals surface area contributed by atoms with Gasteiger partial charge in [0.25, 0.3) is 5.56 Å². The van der Waals surface area contributed by atoms with Crippen molar-refractivity contribution in [1.82, 2.24) is 24.8 Å². The Morgan fingerprint density at radius 1 is 1.55 bits per heavy atom. The number of carbonyl (C=O) groups is 1. The van der Waals surface area contributed by atoms with Crippen molar-refractivity contribution in [2.24, 2.45) is 0 Å². The zero-order valence-electron chi connectivity index (χ0n) is 12.7. The fourth-order valence-electron chi connectivity index (χ4n) is 2.20. The molecule has 0 bridgehead atoms. The molecule has 2 aromatic rings. The van der Waals surface area contributed by atoms with E-state index >= 15 is 0 Å². The largest absolute Gasteiger partial charge is 0.352 e. The summed E-state index contributed by atoms with van der Waals surface area (Å²) in [4.78, 5) is 30.8. The molecule has 7 nitrogen and oxygen atoms in total. The maximum atomic E-state index is 12.1. The monoisotopic (exact) mass is 321 g/mol. The van der Waals surface area contributed by atoms with Gasteiger partial charge >= 0.3 is 0 Å². The third-order valence-electron chi connectivity index (χ3n) is 3.43. The van der Waals surface area contributed by atoms with Crippen LogP contribution < -0.4 is 10.9 Å². The van der Waals surface area contributed by atoms with E-state index in [9.17, 15) is 9.59 Å². The smallest absolute Gasteiger partial charge is 0.275 e. The molecule has 0 spiro atoms. The molecule has 1 N–H and O–H groups in total. The third-order valence-corrected chi connectivity index (χ3v) is 4.48. The Morgan fingerprint density at radius 3 is 3.00 bits per heavy atom. The van der Waals surface area contributed by atoms with Crippen LogP contribution in [0.25, 0.3) is 4.96 Å². The van der Waals surface area contributed by atoms with E-state index in [4.69, 9.17) is 0 Å². The average Bonchev–Trinajstić information content (AvgIpc) is 3.14. The second-order valence-corrected chi connectivity index (χ2v) is 6.68. The number of nitrogens with zero attached hydrogens (tertiary/aromatic N) is 4. The highest BCUT2D eigenvalue weighted by molar-refractivity contribution is 7.16. The molecule has 0 atom stereocenters. The first-order chi connectivity index (χ1) is 10.5. The van der Waals surface area contributed by atoms with Gasteiger partial charge in [-0.25, -0.2) is 4.98 Å². The number of nitrogens with one attached hydrogen (secondary N) is 1. The van der Waals surface area contributed by atoms with E-state index in [1.165, 1.54) is 21.9 Å². The maximum absolute atomic E-state index is 12.1. The summed E-state index contributed by atoms with van der Waals surface area (Å²) in [5.41, 5.74) is 0.491. The van der Waals surface area contributed by atoms with Crippen LogP contribution >= 0.6 is 11.3 Å². The maximum Gasteiger partial charge on any atom is 0.275 e. The Bertz CT molecular complexity index is 749. The lowest BCUT2D eigenvalue weighted by Crippen LogP contribution is -2.36. The molecule has 1 amide bonds. The molecule has 0 unspecified atom stereocenters. The Labute approximate surface area is 132 Å². The summed E-state index contributed by atoms with van der Waals surface area (Å²) >= 11 is 1.43. The minimum atomic E-state index is -0.174. The van der Waals surface area contributed by atoms with Gasteiger partial charge in [-0.1, -0.05) is 18.3 Å². The molecule has 1 aliphatic rings. The van der Waals surface area contributed by atoms with Gasteiger partial charge in [-0.05, 0) is 26.3 Å². The van der Waals surface area contributed by atoms with Crippen molar-refractivity contribution in [1.29, 1.82) is 0 Å². The molecule has 1 saturated carbocycles. The number of aromatic nitrogens is 3. The van der Waals surface area contributed by atoms with Gasteiger partial charge in [0.2, 0.25) is 10.9 Å². The summed E-state index contributed by atoms with van der Waals surface area (Å²) in [5, 5.41) is 8.06. The molecule has 2 heterocycles. The van der Waals surface area contributed by atoms with E-state index in [1.54, 1.807) is 0 Å². The van der Waals surface area contributed by atoms with Crippen molar-refractivity contribution in [2.75, 3.05) is 13.6 Å². The molecule has 1 fully saturated rings. The van der Waals surface area contributed by atoms with Gasteiger partial charge < -0.3 is 5.32 Å². The van der Waals surface area contributed by atoms with Gasteiger partial charge in [-0.3, -0.25) is 14.5 Å². The first-order valence-corrected chi connectivity index (χ1v) is 8.23. The van der Waals surface area contributed by atoms with Crippen molar-refractivity contribution in [3.63, 3.8) is 0 Å². The standard InChI is InChI=1S/C14H19N5O2S/c1-3-12-17-19-13(21)6-10(16-14(19)22-12)7-18(2)8-11(20)15-9-4-5-9/h6,9H,3-5,7-8H2,1-2H3,(H,15,20). The second-order valence-electron chi connectivity index (χ2n) is 5.64. The summed E-state index contributed by atoms with van der Waals surface area (Å²) in [5.74, 6) is 0.0221. The van der Waals surface area contributed by atoms with Gasteiger partial charge in [0.15, 0.2) is 0 Å². The molecule has 0 aromatic carbocycles. The van der Waals surface area contributed by atoms with Crippen molar-refractivity contribution < 1.29 is 4.79 Å². The Morgan fingerprint density at radius 2 is 2.32 bits per heavy atom. The molecule has 22 heavy (non-hydrogen) atoms. The van der Waals surface area contributed by atoms with Crippen molar-refractivity contribution in [3.8, 4) is 0 Å². The molecule has 118 valence electrons. The number of carbonyl (C=O) groups excluding carboxylic acids is 1. The zero-order valence-corrected chi connectivity index (χ0v) is 13.5. The van der Waals surface area contributed by atoms with Crippen LogP contribution in [0.1, 0.15) is 30.5 Å². The average molecular weight is 321 g/mol. The number of amides is 1.